The average Bonchev–Trinajstić information content (AvgIpc) is 2.28. The first-order valence-corrected chi connectivity index (χ1v) is 5.73. The van der Waals surface area contributed by atoms with E-state index in [0.717, 1.165) is 0 Å². The minimum Gasteiger partial charge on any atom is -0.492 e. The largest absolute Gasteiger partial charge is 0.492 e. The van der Waals surface area contributed by atoms with Crippen molar-refractivity contribution in [2.24, 2.45) is 0 Å². The van der Waals surface area contributed by atoms with Gasteiger partial charge >= 0.3 is 5.97 Å². The molecule has 0 fully saturated rings. The third-order valence-electron chi connectivity index (χ3n) is 2.83. The van der Waals surface area contributed by atoms with E-state index >= 15 is 0 Å². The molecule has 1 aliphatic heterocycles. The first kappa shape index (κ1) is 12.6. The van der Waals surface area contributed by atoms with Gasteiger partial charge in [-0.15, -0.1) is 0 Å². The van der Waals surface area contributed by atoms with Gasteiger partial charge in [0.25, 0.3) is 5.56 Å². The van der Waals surface area contributed by atoms with Crippen LogP contribution in [0.15, 0.2) is 4.79 Å². The van der Waals surface area contributed by atoms with E-state index in [1.54, 1.807) is 6.92 Å². The van der Waals surface area contributed by atoms with Crippen molar-refractivity contribution in [1.82, 2.24) is 14.5 Å². The maximum Gasteiger partial charge on any atom is 0.349 e. The number of esters is 1. The number of fused-ring (bicyclic) bond motifs is 1. The van der Waals surface area contributed by atoms with Crippen molar-refractivity contribution in [2.45, 2.75) is 20.0 Å². The number of aromatic nitrogens is 2. The fourth-order valence-corrected chi connectivity index (χ4v) is 1.91. The van der Waals surface area contributed by atoms with Crippen LogP contribution < -0.4 is 5.56 Å². The molecule has 98 valence electrons. The molecule has 0 unspecified atom stereocenters. The van der Waals surface area contributed by atoms with Crippen LogP contribution in [0.4, 0.5) is 0 Å². The zero-order chi connectivity index (χ0) is 13.3. The van der Waals surface area contributed by atoms with Crippen LogP contribution in [-0.2, 0) is 17.8 Å². The molecular formula is C11H15N3O4. The van der Waals surface area contributed by atoms with Gasteiger partial charge in [0.2, 0.25) is 5.88 Å². The minimum absolute atomic E-state index is 0.141. The molecule has 0 atom stereocenters. The molecule has 0 amide bonds. The summed E-state index contributed by atoms with van der Waals surface area (Å²) in [6.07, 6.45) is 0. The van der Waals surface area contributed by atoms with E-state index in [1.807, 2.05) is 11.9 Å². The van der Waals surface area contributed by atoms with Crippen LogP contribution in [0.3, 0.4) is 0 Å². The van der Waals surface area contributed by atoms with Gasteiger partial charge in [-0.2, -0.15) is 4.98 Å². The number of aromatic hydroxyl groups is 1. The number of hydrogen-bond donors (Lipinski definition) is 1. The second kappa shape index (κ2) is 4.77. The second-order valence-corrected chi connectivity index (χ2v) is 4.14. The Hall–Kier alpha value is -1.89. The third kappa shape index (κ3) is 2.08. The van der Waals surface area contributed by atoms with Gasteiger partial charge in [0.1, 0.15) is 5.82 Å². The van der Waals surface area contributed by atoms with Crippen LogP contribution in [0, 0.1) is 0 Å². The quantitative estimate of drug-likeness (QED) is 0.720. The summed E-state index contributed by atoms with van der Waals surface area (Å²) in [5, 5.41) is 9.69. The Kier molecular flexibility index (Phi) is 3.33. The molecule has 2 rings (SSSR count). The first-order chi connectivity index (χ1) is 8.54. The van der Waals surface area contributed by atoms with Gasteiger partial charge in [0, 0.05) is 13.1 Å². The van der Waals surface area contributed by atoms with Crippen molar-refractivity contribution >= 4 is 5.97 Å². The van der Waals surface area contributed by atoms with E-state index in [2.05, 4.69) is 4.98 Å². The van der Waals surface area contributed by atoms with Crippen LogP contribution in [0.2, 0.25) is 0 Å². The standard InChI is InChI=1S/C11H15N3O4/c1-3-18-11(17)8-9(15)12-7-6-13(2)4-5-14(7)10(8)16/h15H,3-6H2,1-2H3. The summed E-state index contributed by atoms with van der Waals surface area (Å²) in [6, 6.07) is 0. The highest BCUT2D eigenvalue weighted by molar-refractivity contribution is 5.91. The summed E-state index contributed by atoms with van der Waals surface area (Å²) < 4.78 is 6.15. The van der Waals surface area contributed by atoms with Crippen LogP contribution in [0.1, 0.15) is 23.1 Å². The van der Waals surface area contributed by atoms with Gasteiger partial charge in [-0.3, -0.25) is 14.3 Å². The molecule has 0 bridgehead atoms. The van der Waals surface area contributed by atoms with Gasteiger partial charge in [0.15, 0.2) is 5.56 Å². The Labute approximate surface area is 104 Å². The predicted octanol–water partition coefficient (Wildman–Crippen LogP) is -0.429. The molecule has 1 aromatic rings. The summed E-state index contributed by atoms with van der Waals surface area (Å²) in [4.78, 5) is 29.6. The lowest BCUT2D eigenvalue weighted by Crippen LogP contribution is -2.40. The van der Waals surface area contributed by atoms with Crippen LogP contribution in [0.25, 0.3) is 0 Å². The van der Waals surface area contributed by atoms with Gasteiger partial charge in [-0.05, 0) is 14.0 Å². The average molecular weight is 253 g/mol. The van der Waals surface area contributed by atoms with Crippen LogP contribution in [-0.4, -0.2) is 45.7 Å². The molecule has 1 aromatic heterocycles. The molecule has 0 saturated carbocycles. The van der Waals surface area contributed by atoms with E-state index in [0.29, 0.717) is 25.5 Å². The van der Waals surface area contributed by atoms with Crippen LogP contribution >= 0.6 is 0 Å². The Bertz CT molecular complexity index is 538. The summed E-state index contributed by atoms with van der Waals surface area (Å²) in [6.45, 7) is 3.38. The SMILES string of the molecule is CCOC(=O)c1c(O)nc2n(c1=O)CCN(C)C2. The van der Waals surface area contributed by atoms with Crippen molar-refractivity contribution in [3.8, 4) is 5.88 Å². The summed E-state index contributed by atoms with van der Waals surface area (Å²) in [5.74, 6) is -0.930. The summed E-state index contributed by atoms with van der Waals surface area (Å²) in [5.41, 5.74) is -0.922. The molecule has 0 aromatic carbocycles. The minimum atomic E-state index is -0.832. The molecule has 7 nitrogen and oxygen atoms in total. The highest BCUT2D eigenvalue weighted by Gasteiger charge is 2.25. The molecule has 1 aliphatic rings. The second-order valence-electron chi connectivity index (χ2n) is 4.14. The Morgan fingerprint density at radius 2 is 2.22 bits per heavy atom. The van der Waals surface area contributed by atoms with E-state index in [9.17, 15) is 14.7 Å². The molecule has 1 N–H and O–H groups in total. The number of likely N-dealkylation sites (N-methyl/N-ethyl adjacent to an activating group) is 1. The molecule has 18 heavy (non-hydrogen) atoms. The molecule has 0 aliphatic carbocycles. The Balaban J connectivity index is 2.51. The molecule has 2 heterocycles. The topological polar surface area (TPSA) is 84.7 Å². The zero-order valence-corrected chi connectivity index (χ0v) is 10.3. The molecule has 7 heteroatoms. The number of carbonyl (C=O) groups excluding carboxylic acids is 1. The molecule has 0 spiro atoms. The number of ether oxygens (including phenoxy) is 1. The third-order valence-corrected chi connectivity index (χ3v) is 2.83. The smallest absolute Gasteiger partial charge is 0.349 e. The molecular weight excluding hydrogens is 238 g/mol. The lowest BCUT2D eigenvalue weighted by Gasteiger charge is -2.25. The van der Waals surface area contributed by atoms with Crippen molar-refractivity contribution in [2.75, 3.05) is 20.2 Å². The van der Waals surface area contributed by atoms with Gasteiger partial charge in [-0.1, -0.05) is 0 Å². The monoisotopic (exact) mass is 253 g/mol. The number of hydrogen-bond acceptors (Lipinski definition) is 6. The number of rotatable bonds is 2. The van der Waals surface area contributed by atoms with Crippen molar-refractivity contribution in [3.63, 3.8) is 0 Å². The highest BCUT2D eigenvalue weighted by Crippen LogP contribution is 2.14. The summed E-state index contributed by atoms with van der Waals surface area (Å²) in [7, 11) is 1.89. The van der Waals surface area contributed by atoms with Crippen molar-refractivity contribution < 1.29 is 14.6 Å². The van der Waals surface area contributed by atoms with E-state index in [-0.39, 0.29) is 12.2 Å². The van der Waals surface area contributed by atoms with Crippen molar-refractivity contribution in [1.29, 1.82) is 0 Å². The van der Waals surface area contributed by atoms with Gasteiger partial charge < -0.3 is 9.84 Å². The highest BCUT2D eigenvalue weighted by atomic mass is 16.5. The Morgan fingerprint density at radius 1 is 1.50 bits per heavy atom. The zero-order valence-electron chi connectivity index (χ0n) is 10.3. The maximum absolute atomic E-state index is 12.1. The van der Waals surface area contributed by atoms with Crippen molar-refractivity contribution in [3.05, 3.63) is 21.7 Å². The van der Waals surface area contributed by atoms with Crippen LogP contribution in [0.5, 0.6) is 5.88 Å². The lowest BCUT2D eigenvalue weighted by atomic mass is 10.2. The van der Waals surface area contributed by atoms with E-state index < -0.39 is 17.4 Å². The van der Waals surface area contributed by atoms with E-state index in [1.165, 1.54) is 4.57 Å². The molecule has 0 saturated heterocycles. The normalized spacial score (nSPS) is 15.2. The lowest BCUT2D eigenvalue weighted by molar-refractivity contribution is 0.0518. The van der Waals surface area contributed by atoms with Gasteiger partial charge in [0.05, 0.1) is 13.2 Å². The maximum atomic E-state index is 12.1. The summed E-state index contributed by atoms with van der Waals surface area (Å²) >= 11 is 0. The van der Waals surface area contributed by atoms with Gasteiger partial charge in [-0.25, -0.2) is 4.79 Å². The fourth-order valence-electron chi connectivity index (χ4n) is 1.91. The predicted molar refractivity (Wildman–Crippen MR) is 62.5 cm³/mol. The number of carbonyl (C=O) groups is 1. The fraction of sp³-hybridized carbons (Fsp3) is 0.545. The van der Waals surface area contributed by atoms with E-state index in [4.69, 9.17) is 4.74 Å². The first-order valence-electron chi connectivity index (χ1n) is 5.73. The Morgan fingerprint density at radius 3 is 2.89 bits per heavy atom. The number of nitrogens with zero attached hydrogens (tertiary/aromatic N) is 3. The molecule has 0 radical (unpaired) electrons.